The van der Waals surface area contributed by atoms with Crippen molar-refractivity contribution in [3.8, 4) is 0 Å². The van der Waals surface area contributed by atoms with Crippen molar-refractivity contribution in [1.29, 1.82) is 0 Å². The molecule has 1 aliphatic heterocycles. The van der Waals surface area contributed by atoms with Crippen LogP contribution in [0.4, 0.5) is 5.69 Å². The summed E-state index contributed by atoms with van der Waals surface area (Å²) in [6.07, 6.45) is 1.76. The van der Waals surface area contributed by atoms with Gasteiger partial charge in [-0.05, 0) is 61.2 Å². The summed E-state index contributed by atoms with van der Waals surface area (Å²) in [7, 11) is -3.51. The third-order valence-corrected chi connectivity index (χ3v) is 7.79. The number of fused-ring (bicyclic) bond motifs is 1. The first-order chi connectivity index (χ1) is 13.4. The van der Waals surface area contributed by atoms with Crippen LogP contribution >= 0.6 is 11.3 Å². The van der Waals surface area contributed by atoms with Crippen molar-refractivity contribution in [2.45, 2.75) is 24.7 Å². The van der Waals surface area contributed by atoms with Gasteiger partial charge in [0.2, 0.25) is 10.0 Å². The number of sulfonamides is 1. The summed E-state index contributed by atoms with van der Waals surface area (Å²) in [5.41, 5.74) is 3.75. The quantitative estimate of drug-likeness (QED) is 0.699. The van der Waals surface area contributed by atoms with Gasteiger partial charge in [0.05, 0.1) is 20.6 Å². The molecule has 2 heterocycles. The van der Waals surface area contributed by atoms with Crippen molar-refractivity contribution >= 4 is 43.2 Å². The van der Waals surface area contributed by atoms with E-state index in [1.807, 2.05) is 12.1 Å². The molecule has 2 aromatic carbocycles. The molecule has 0 unspecified atom stereocenters. The number of carbonyl (C=O) groups is 1. The molecule has 4 rings (SSSR count). The van der Waals surface area contributed by atoms with Crippen LogP contribution in [0.2, 0.25) is 0 Å². The SMILES string of the molecule is CC1CCN(S(=O)(=O)c2ccc(C(=O)Nc3ccc4ncsc4c3)cc2)CC1. The Hall–Kier alpha value is -2.29. The molecular weight excluding hydrogens is 394 g/mol. The molecule has 0 atom stereocenters. The minimum Gasteiger partial charge on any atom is -0.322 e. The van der Waals surface area contributed by atoms with Gasteiger partial charge in [0, 0.05) is 24.3 Å². The maximum atomic E-state index is 12.8. The van der Waals surface area contributed by atoms with Crippen LogP contribution in [0.3, 0.4) is 0 Å². The van der Waals surface area contributed by atoms with Gasteiger partial charge in [-0.25, -0.2) is 13.4 Å². The van der Waals surface area contributed by atoms with E-state index in [-0.39, 0.29) is 10.8 Å². The lowest BCUT2D eigenvalue weighted by Crippen LogP contribution is -2.37. The molecule has 1 fully saturated rings. The maximum absolute atomic E-state index is 12.8. The number of nitrogens with zero attached hydrogens (tertiary/aromatic N) is 2. The molecular formula is C20H21N3O3S2. The Morgan fingerprint density at radius 3 is 2.57 bits per heavy atom. The van der Waals surface area contributed by atoms with Crippen LogP contribution in [0.25, 0.3) is 10.2 Å². The summed E-state index contributed by atoms with van der Waals surface area (Å²) in [6, 6.07) is 11.7. The second kappa shape index (κ2) is 7.62. The molecule has 0 spiro atoms. The molecule has 28 heavy (non-hydrogen) atoms. The van der Waals surface area contributed by atoms with Gasteiger partial charge in [-0.1, -0.05) is 6.92 Å². The molecule has 0 aliphatic carbocycles. The normalized spacial score (nSPS) is 16.3. The van der Waals surface area contributed by atoms with E-state index in [0.29, 0.717) is 30.3 Å². The van der Waals surface area contributed by atoms with E-state index in [0.717, 1.165) is 23.1 Å². The van der Waals surface area contributed by atoms with Crippen LogP contribution in [0, 0.1) is 5.92 Å². The lowest BCUT2D eigenvalue weighted by atomic mass is 10.0. The predicted molar refractivity (Wildman–Crippen MR) is 111 cm³/mol. The van der Waals surface area contributed by atoms with Gasteiger partial charge < -0.3 is 5.32 Å². The summed E-state index contributed by atoms with van der Waals surface area (Å²) >= 11 is 1.51. The number of rotatable bonds is 4. The zero-order chi connectivity index (χ0) is 19.7. The fourth-order valence-corrected chi connectivity index (χ4v) is 5.47. The van der Waals surface area contributed by atoms with E-state index in [9.17, 15) is 13.2 Å². The number of piperidine rings is 1. The number of carbonyl (C=O) groups excluding carboxylic acids is 1. The number of benzene rings is 2. The lowest BCUT2D eigenvalue weighted by molar-refractivity contribution is 0.102. The summed E-state index contributed by atoms with van der Waals surface area (Å²) in [6.45, 7) is 3.24. The van der Waals surface area contributed by atoms with Gasteiger partial charge in [-0.2, -0.15) is 4.31 Å². The van der Waals surface area contributed by atoms with E-state index in [2.05, 4.69) is 17.2 Å². The number of anilines is 1. The van der Waals surface area contributed by atoms with Crippen LogP contribution in [0.5, 0.6) is 0 Å². The van der Waals surface area contributed by atoms with Crippen LogP contribution in [-0.4, -0.2) is 36.7 Å². The minimum absolute atomic E-state index is 0.227. The number of thiazole rings is 1. The first-order valence-corrected chi connectivity index (χ1v) is 11.5. The van der Waals surface area contributed by atoms with Gasteiger partial charge in [-0.3, -0.25) is 4.79 Å². The summed E-state index contributed by atoms with van der Waals surface area (Å²) in [4.78, 5) is 16.9. The smallest absolute Gasteiger partial charge is 0.255 e. The van der Waals surface area contributed by atoms with Crippen molar-refractivity contribution in [2.75, 3.05) is 18.4 Å². The molecule has 1 aliphatic rings. The van der Waals surface area contributed by atoms with E-state index in [1.54, 1.807) is 23.7 Å². The van der Waals surface area contributed by atoms with Crippen LogP contribution in [-0.2, 0) is 10.0 Å². The zero-order valence-electron chi connectivity index (χ0n) is 15.5. The van der Waals surface area contributed by atoms with Crippen molar-refractivity contribution in [1.82, 2.24) is 9.29 Å². The molecule has 1 N–H and O–H groups in total. The summed E-state index contributed by atoms with van der Waals surface area (Å²) in [5.74, 6) is 0.279. The number of hydrogen-bond donors (Lipinski definition) is 1. The van der Waals surface area contributed by atoms with Crippen LogP contribution in [0.15, 0.2) is 52.9 Å². The molecule has 6 nitrogen and oxygen atoms in total. The van der Waals surface area contributed by atoms with Gasteiger partial charge in [0.25, 0.3) is 5.91 Å². The van der Waals surface area contributed by atoms with Gasteiger partial charge in [0.1, 0.15) is 0 Å². The summed E-state index contributed by atoms with van der Waals surface area (Å²) < 4.78 is 28.1. The van der Waals surface area contributed by atoms with E-state index < -0.39 is 10.0 Å². The van der Waals surface area contributed by atoms with Crippen molar-refractivity contribution in [3.63, 3.8) is 0 Å². The number of hydrogen-bond acceptors (Lipinski definition) is 5. The second-order valence-electron chi connectivity index (χ2n) is 7.10. The molecule has 0 bridgehead atoms. The number of amides is 1. The molecule has 146 valence electrons. The van der Waals surface area contributed by atoms with Crippen LogP contribution in [0.1, 0.15) is 30.1 Å². The Morgan fingerprint density at radius 2 is 1.86 bits per heavy atom. The Kier molecular flexibility index (Phi) is 5.18. The predicted octanol–water partition coefficient (Wildman–Crippen LogP) is 3.97. The highest BCUT2D eigenvalue weighted by Crippen LogP contribution is 2.25. The van der Waals surface area contributed by atoms with Crippen molar-refractivity contribution in [2.24, 2.45) is 5.92 Å². The first-order valence-electron chi connectivity index (χ1n) is 9.18. The fraction of sp³-hybridized carbons (Fsp3) is 0.300. The molecule has 1 aromatic heterocycles. The second-order valence-corrected chi connectivity index (χ2v) is 9.92. The highest BCUT2D eigenvalue weighted by molar-refractivity contribution is 7.89. The molecule has 8 heteroatoms. The fourth-order valence-electron chi connectivity index (χ4n) is 3.29. The third-order valence-electron chi connectivity index (χ3n) is 5.09. The number of aromatic nitrogens is 1. The highest BCUT2D eigenvalue weighted by atomic mass is 32.2. The Morgan fingerprint density at radius 1 is 1.14 bits per heavy atom. The standard InChI is InChI=1S/C20H21N3O3S2/c1-14-8-10-23(11-9-14)28(25,26)17-5-2-15(3-6-17)20(24)22-16-4-7-18-19(12-16)27-13-21-18/h2-7,12-14H,8-11H2,1H3,(H,22,24). The highest BCUT2D eigenvalue weighted by Gasteiger charge is 2.28. The van der Waals surface area contributed by atoms with E-state index >= 15 is 0 Å². The molecule has 0 radical (unpaired) electrons. The molecule has 3 aromatic rings. The molecule has 1 saturated heterocycles. The first kappa shape index (κ1) is 19.0. The van der Waals surface area contributed by atoms with Gasteiger partial charge >= 0.3 is 0 Å². The zero-order valence-corrected chi connectivity index (χ0v) is 17.1. The lowest BCUT2D eigenvalue weighted by Gasteiger charge is -2.29. The van der Waals surface area contributed by atoms with E-state index in [1.165, 1.54) is 27.8 Å². The van der Waals surface area contributed by atoms with Gasteiger partial charge in [-0.15, -0.1) is 11.3 Å². The van der Waals surface area contributed by atoms with Crippen molar-refractivity contribution in [3.05, 3.63) is 53.5 Å². The Balaban J connectivity index is 1.48. The number of nitrogens with one attached hydrogen (secondary N) is 1. The average Bonchev–Trinajstić information content (AvgIpc) is 3.16. The molecule has 0 saturated carbocycles. The van der Waals surface area contributed by atoms with Crippen LogP contribution < -0.4 is 5.32 Å². The topological polar surface area (TPSA) is 79.4 Å². The maximum Gasteiger partial charge on any atom is 0.255 e. The summed E-state index contributed by atoms with van der Waals surface area (Å²) in [5, 5.41) is 2.85. The average molecular weight is 416 g/mol. The van der Waals surface area contributed by atoms with Crippen molar-refractivity contribution < 1.29 is 13.2 Å². The monoisotopic (exact) mass is 415 g/mol. The Labute approximate surface area is 168 Å². The minimum atomic E-state index is -3.51. The largest absolute Gasteiger partial charge is 0.322 e. The third kappa shape index (κ3) is 3.80. The van der Waals surface area contributed by atoms with Gasteiger partial charge in [0.15, 0.2) is 0 Å². The van der Waals surface area contributed by atoms with E-state index in [4.69, 9.17) is 0 Å². The Bertz CT molecular complexity index is 1100. The molecule has 1 amide bonds.